The molecule has 0 saturated carbocycles. The molecule has 1 heteroatoms. The van der Waals surface area contributed by atoms with Crippen LogP contribution in [0.2, 0.25) is 0 Å². The fourth-order valence-electron chi connectivity index (χ4n) is 1.14. The summed E-state index contributed by atoms with van der Waals surface area (Å²) in [6.07, 6.45) is 0. The van der Waals surface area contributed by atoms with Crippen LogP contribution in [0.1, 0.15) is 30.9 Å². The molecule has 0 radical (unpaired) electrons. The monoisotopic (exact) mass is 140 g/mol. The fourth-order valence-corrected chi connectivity index (χ4v) is 1.14. The van der Waals surface area contributed by atoms with E-state index in [1.165, 1.54) is 11.1 Å². The van der Waals surface area contributed by atoms with Crippen molar-refractivity contribution in [2.24, 2.45) is 0 Å². The van der Waals surface area contributed by atoms with Crippen LogP contribution in [0.5, 0.6) is 0 Å². The van der Waals surface area contributed by atoms with Crippen molar-refractivity contribution in [2.45, 2.75) is 24.9 Å². The van der Waals surface area contributed by atoms with Crippen LogP contribution < -0.4 is 0 Å². The van der Waals surface area contributed by atoms with Gasteiger partial charge in [-0.05, 0) is 0 Å². The predicted octanol–water partition coefficient (Wildman–Crippen LogP) is 2.48. The van der Waals surface area contributed by atoms with E-state index in [1.807, 2.05) is 0 Å². The third kappa shape index (κ3) is 2.40. The average molecular weight is 140 g/mol. The quantitative estimate of drug-likeness (QED) is 0.553. The molecule has 0 fully saturated rings. The van der Waals surface area contributed by atoms with Crippen molar-refractivity contribution < 1.29 is 0 Å². The maximum absolute atomic E-state index is 2.23. The average Bonchev–Trinajstić information content (AvgIpc) is 2.05. The van der Waals surface area contributed by atoms with Gasteiger partial charge in [0.15, 0.2) is 0 Å². The van der Waals surface area contributed by atoms with E-state index in [1.54, 1.807) is 0 Å². The van der Waals surface area contributed by atoms with Gasteiger partial charge in [-0.1, -0.05) is 0 Å². The molecule has 0 saturated heterocycles. The van der Waals surface area contributed by atoms with E-state index in [0.717, 1.165) is 5.09 Å². The first-order chi connectivity index (χ1) is 5.24. The van der Waals surface area contributed by atoms with Crippen LogP contribution in [-0.2, 0) is 5.09 Å². The van der Waals surface area contributed by atoms with E-state index in [9.17, 15) is 0 Å². The molecule has 1 aromatic rings. The van der Waals surface area contributed by atoms with Crippen LogP contribution in [0.25, 0.3) is 0 Å². The van der Waals surface area contributed by atoms with Crippen molar-refractivity contribution in [3.63, 3.8) is 0 Å². The van der Waals surface area contributed by atoms with Gasteiger partial charge in [0.2, 0.25) is 0 Å². The Bertz CT molecular complexity index is 211. The Morgan fingerprint density at radius 2 is 1.73 bits per heavy atom. The molecule has 0 aromatic heterocycles. The molecular weight excluding hydrogens is 127 g/mol. The van der Waals surface area contributed by atoms with Gasteiger partial charge in [-0.25, -0.2) is 0 Å². The zero-order valence-electron chi connectivity index (χ0n) is 7.59. The molecule has 0 N–H and O–H groups in total. The zero-order valence-corrected chi connectivity index (χ0v) is 7.59. The van der Waals surface area contributed by atoms with E-state index in [-0.39, 0.29) is 0 Å². The van der Waals surface area contributed by atoms with E-state index >= 15 is 0 Å². The van der Waals surface area contributed by atoms with Crippen LogP contribution in [0, 0.1) is 0 Å². The normalized spacial score (nSPS) is 10.6. The maximum atomic E-state index is 2.23. The van der Waals surface area contributed by atoms with Crippen molar-refractivity contribution in [2.75, 3.05) is 0 Å². The number of hydrogen-bond acceptors (Lipinski definition) is 0. The first-order valence-corrected chi connectivity index (χ1v) is 4.33. The standard InChI is InChI=1S/C10H13.Li/c1-8(2)10-6-4-9(3)5-7-10;/h4-8H,3H2,1-2H3;. The Hall–Kier alpha value is -0.183. The summed E-state index contributed by atoms with van der Waals surface area (Å²) in [6.45, 7) is 4.45. The minimum absolute atomic E-state index is 0.654. The van der Waals surface area contributed by atoms with E-state index in [0.29, 0.717) is 5.92 Å². The molecule has 0 nitrogen and oxygen atoms in total. The Balaban J connectivity index is 2.83. The topological polar surface area (TPSA) is 0 Å². The van der Waals surface area contributed by atoms with Crippen molar-refractivity contribution in [1.82, 2.24) is 0 Å². The molecule has 0 amide bonds. The molecule has 54 valence electrons. The zero-order chi connectivity index (χ0) is 8.27. The van der Waals surface area contributed by atoms with Gasteiger partial charge in [0.1, 0.15) is 0 Å². The third-order valence-corrected chi connectivity index (χ3v) is 2.05. The summed E-state index contributed by atoms with van der Waals surface area (Å²) in [7, 11) is 0. The van der Waals surface area contributed by atoms with Crippen molar-refractivity contribution in [1.29, 1.82) is 0 Å². The predicted molar refractivity (Wildman–Crippen MR) is 50.0 cm³/mol. The third-order valence-electron chi connectivity index (χ3n) is 2.05. The van der Waals surface area contributed by atoms with E-state index < -0.39 is 0 Å². The minimum atomic E-state index is 0.654. The van der Waals surface area contributed by atoms with Crippen LogP contribution >= 0.6 is 0 Å². The van der Waals surface area contributed by atoms with Crippen molar-refractivity contribution >= 4 is 17.7 Å². The second kappa shape index (κ2) is 4.00. The summed E-state index contributed by atoms with van der Waals surface area (Å²) in [4.78, 5) is 0. The molecule has 0 bridgehead atoms. The summed E-state index contributed by atoms with van der Waals surface area (Å²) < 4.78 is 0. The summed E-state index contributed by atoms with van der Waals surface area (Å²) >= 11 is 2.18. The van der Waals surface area contributed by atoms with Crippen molar-refractivity contribution in [3.05, 3.63) is 35.4 Å². The Kier molecular flexibility index (Phi) is 3.24. The molecule has 0 unspecified atom stereocenters. The Labute approximate surface area is 78.2 Å². The summed E-state index contributed by atoms with van der Waals surface area (Å²) in [5, 5.41) is 1.14. The van der Waals surface area contributed by atoms with E-state index in [2.05, 4.69) is 55.8 Å². The molecule has 0 aliphatic rings. The van der Waals surface area contributed by atoms with Crippen LogP contribution in [-0.4, -0.2) is 17.7 Å². The number of hydrogen-bond donors (Lipinski definition) is 0. The summed E-state index contributed by atoms with van der Waals surface area (Å²) in [5.74, 6) is 0.654. The summed E-state index contributed by atoms with van der Waals surface area (Å²) in [5.41, 5.74) is 2.86. The van der Waals surface area contributed by atoms with Crippen LogP contribution in [0.3, 0.4) is 0 Å². The molecule has 0 heterocycles. The Morgan fingerprint density at radius 1 is 1.18 bits per heavy atom. The summed E-state index contributed by atoms with van der Waals surface area (Å²) in [6, 6.07) is 8.89. The first kappa shape index (κ1) is 8.91. The van der Waals surface area contributed by atoms with Gasteiger partial charge in [0.05, 0.1) is 0 Å². The van der Waals surface area contributed by atoms with Crippen LogP contribution in [0.15, 0.2) is 24.3 Å². The SMILES string of the molecule is [Li][CH2]c1ccc(C(C)C)cc1. The molecule has 0 aliphatic carbocycles. The van der Waals surface area contributed by atoms with Gasteiger partial charge in [0, 0.05) is 0 Å². The second-order valence-corrected chi connectivity index (χ2v) is 3.25. The van der Waals surface area contributed by atoms with Crippen LogP contribution in [0.4, 0.5) is 0 Å². The van der Waals surface area contributed by atoms with Crippen molar-refractivity contribution in [3.8, 4) is 0 Å². The molecular formula is C10H13Li. The van der Waals surface area contributed by atoms with Gasteiger partial charge in [-0.2, -0.15) is 0 Å². The molecule has 11 heavy (non-hydrogen) atoms. The van der Waals surface area contributed by atoms with Gasteiger partial charge >= 0.3 is 78.0 Å². The number of rotatable bonds is 2. The second-order valence-electron chi connectivity index (χ2n) is 3.25. The number of benzene rings is 1. The molecule has 0 spiro atoms. The molecule has 0 aliphatic heterocycles. The van der Waals surface area contributed by atoms with Gasteiger partial charge in [0.25, 0.3) is 0 Å². The fraction of sp³-hybridized carbons (Fsp3) is 0.400. The Morgan fingerprint density at radius 3 is 2.09 bits per heavy atom. The molecule has 0 atom stereocenters. The van der Waals surface area contributed by atoms with E-state index in [4.69, 9.17) is 0 Å². The van der Waals surface area contributed by atoms with Gasteiger partial charge in [-0.3, -0.25) is 0 Å². The first-order valence-electron chi connectivity index (χ1n) is 4.33. The molecule has 1 aromatic carbocycles. The molecule has 1 rings (SSSR count). The van der Waals surface area contributed by atoms with Gasteiger partial charge < -0.3 is 0 Å². The van der Waals surface area contributed by atoms with Gasteiger partial charge in [-0.15, -0.1) is 0 Å².